The Morgan fingerprint density at radius 3 is 2.36 bits per heavy atom. The zero-order chi connectivity index (χ0) is 15.8. The van der Waals surface area contributed by atoms with Crippen LogP contribution in [0.25, 0.3) is 0 Å². The van der Waals surface area contributed by atoms with Gasteiger partial charge in [-0.2, -0.15) is 0 Å². The number of hydrogen-bond acceptors (Lipinski definition) is 4. The standard InChI is InChI=1S/C16H27NO5/c18-14(7-12-22-13-5-10-21-11-6-13)17-16(15(19)20)8-3-1-2-4-9-16/h13H,1-12H2,(H,17,18)(H,19,20). The lowest BCUT2D eigenvalue weighted by Gasteiger charge is -2.29. The second-order valence-electron chi connectivity index (χ2n) is 6.28. The maximum absolute atomic E-state index is 12.1. The van der Waals surface area contributed by atoms with Crippen LogP contribution in [0.1, 0.15) is 57.8 Å². The van der Waals surface area contributed by atoms with Crippen molar-refractivity contribution in [1.29, 1.82) is 0 Å². The van der Waals surface area contributed by atoms with Gasteiger partial charge in [0, 0.05) is 19.6 Å². The average molecular weight is 313 g/mol. The molecule has 2 fully saturated rings. The van der Waals surface area contributed by atoms with Gasteiger partial charge in [0.25, 0.3) is 0 Å². The first-order valence-corrected chi connectivity index (χ1v) is 8.36. The molecule has 1 heterocycles. The van der Waals surface area contributed by atoms with E-state index < -0.39 is 11.5 Å². The number of amides is 1. The molecule has 1 saturated carbocycles. The zero-order valence-corrected chi connectivity index (χ0v) is 13.1. The molecule has 6 heteroatoms. The molecule has 0 aromatic heterocycles. The van der Waals surface area contributed by atoms with E-state index in [2.05, 4.69) is 5.32 Å². The average Bonchev–Trinajstić information content (AvgIpc) is 2.75. The SMILES string of the molecule is O=C(CCOC1CCOCC1)NC1(C(=O)O)CCCCCC1. The van der Waals surface area contributed by atoms with Gasteiger partial charge in [-0.1, -0.05) is 25.7 Å². The van der Waals surface area contributed by atoms with Crippen LogP contribution < -0.4 is 5.32 Å². The van der Waals surface area contributed by atoms with Gasteiger partial charge in [0.05, 0.1) is 12.7 Å². The number of hydrogen-bond donors (Lipinski definition) is 2. The highest BCUT2D eigenvalue weighted by molar-refractivity contribution is 5.87. The molecule has 1 saturated heterocycles. The summed E-state index contributed by atoms with van der Waals surface area (Å²) in [6.45, 7) is 1.75. The maximum atomic E-state index is 12.1. The summed E-state index contributed by atoms with van der Waals surface area (Å²) in [5.74, 6) is -1.13. The quantitative estimate of drug-likeness (QED) is 0.731. The lowest BCUT2D eigenvalue weighted by atomic mass is 9.90. The van der Waals surface area contributed by atoms with E-state index in [1.165, 1.54) is 0 Å². The van der Waals surface area contributed by atoms with Gasteiger partial charge in [0.2, 0.25) is 5.91 Å². The highest BCUT2D eigenvalue weighted by Crippen LogP contribution is 2.27. The van der Waals surface area contributed by atoms with Gasteiger partial charge < -0.3 is 19.9 Å². The number of rotatable bonds is 6. The molecule has 1 aliphatic carbocycles. The number of aliphatic carboxylic acids is 1. The lowest BCUT2D eigenvalue weighted by molar-refractivity contribution is -0.148. The van der Waals surface area contributed by atoms with E-state index >= 15 is 0 Å². The second-order valence-corrected chi connectivity index (χ2v) is 6.28. The van der Waals surface area contributed by atoms with E-state index in [4.69, 9.17) is 9.47 Å². The Bertz CT molecular complexity index is 371. The van der Waals surface area contributed by atoms with Gasteiger partial charge in [0.1, 0.15) is 5.54 Å². The molecular formula is C16H27NO5. The molecule has 0 spiro atoms. The minimum absolute atomic E-state index is 0.160. The normalized spacial score (nSPS) is 22.7. The molecule has 2 N–H and O–H groups in total. The number of carboxylic acid groups (broad SMARTS) is 1. The predicted molar refractivity (Wildman–Crippen MR) is 80.6 cm³/mol. The first kappa shape index (κ1) is 17.2. The van der Waals surface area contributed by atoms with Crippen LogP contribution in [-0.4, -0.2) is 48.4 Å². The Balaban J connectivity index is 1.76. The molecule has 0 radical (unpaired) electrons. The van der Waals surface area contributed by atoms with Gasteiger partial charge in [-0.3, -0.25) is 4.79 Å². The lowest BCUT2D eigenvalue weighted by Crippen LogP contribution is -2.54. The summed E-state index contributed by atoms with van der Waals surface area (Å²) in [5.41, 5.74) is -1.08. The van der Waals surface area contributed by atoms with Gasteiger partial charge in [-0.25, -0.2) is 4.79 Å². The second kappa shape index (κ2) is 8.48. The van der Waals surface area contributed by atoms with E-state index in [-0.39, 0.29) is 18.4 Å². The summed E-state index contributed by atoms with van der Waals surface area (Å²) in [4.78, 5) is 23.7. The Morgan fingerprint density at radius 2 is 1.77 bits per heavy atom. The van der Waals surface area contributed by atoms with Crippen molar-refractivity contribution in [2.75, 3.05) is 19.8 Å². The third-order valence-corrected chi connectivity index (χ3v) is 4.60. The number of nitrogens with one attached hydrogen (secondary N) is 1. The molecule has 0 bridgehead atoms. The first-order chi connectivity index (χ1) is 10.6. The fourth-order valence-corrected chi connectivity index (χ4v) is 3.21. The maximum Gasteiger partial charge on any atom is 0.329 e. The minimum Gasteiger partial charge on any atom is -0.480 e. The summed E-state index contributed by atoms with van der Waals surface area (Å²) in [5, 5.41) is 12.3. The van der Waals surface area contributed by atoms with Crippen LogP contribution in [-0.2, 0) is 19.1 Å². The number of carboxylic acids is 1. The highest BCUT2D eigenvalue weighted by Gasteiger charge is 2.39. The fourth-order valence-electron chi connectivity index (χ4n) is 3.21. The van der Waals surface area contributed by atoms with Gasteiger partial charge in [0.15, 0.2) is 0 Å². The summed E-state index contributed by atoms with van der Waals surface area (Å²) < 4.78 is 10.9. The molecule has 2 rings (SSSR count). The van der Waals surface area contributed by atoms with Crippen molar-refractivity contribution >= 4 is 11.9 Å². The molecule has 126 valence electrons. The van der Waals surface area contributed by atoms with Crippen LogP contribution in [0, 0.1) is 0 Å². The Kier molecular flexibility index (Phi) is 6.64. The smallest absolute Gasteiger partial charge is 0.329 e. The summed E-state index contributed by atoms with van der Waals surface area (Å²) >= 11 is 0. The molecule has 1 aliphatic heterocycles. The molecule has 0 atom stereocenters. The Morgan fingerprint density at radius 1 is 1.14 bits per heavy atom. The summed E-state index contributed by atoms with van der Waals surface area (Å²) in [7, 11) is 0. The van der Waals surface area contributed by atoms with Crippen LogP contribution in [0.2, 0.25) is 0 Å². The molecular weight excluding hydrogens is 286 g/mol. The van der Waals surface area contributed by atoms with Crippen molar-refractivity contribution in [2.45, 2.75) is 69.4 Å². The van der Waals surface area contributed by atoms with Crippen LogP contribution in [0.5, 0.6) is 0 Å². The zero-order valence-electron chi connectivity index (χ0n) is 13.1. The molecule has 0 aromatic rings. The molecule has 22 heavy (non-hydrogen) atoms. The topological polar surface area (TPSA) is 84.9 Å². The number of ether oxygens (including phenoxy) is 2. The summed E-state index contributed by atoms with van der Waals surface area (Å²) in [6.07, 6.45) is 6.93. The van der Waals surface area contributed by atoms with Crippen molar-refractivity contribution in [3.8, 4) is 0 Å². The molecule has 0 unspecified atom stereocenters. The highest BCUT2D eigenvalue weighted by atomic mass is 16.5. The molecule has 0 aromatic carbocycles. The largest absolute Gasteiger partial charge is 0.480 e. The van der Waals surface area contributed by atoms with Crippen LogP contribution in [0.3, 0.4) is 0 Å². The van der Waals surface area contributed by atoms with E-state index in [0.717, 1.165) is 38.5 Å². The van der Waals surface area contributed by atoms with Crippen molar-refractivity contribution < 1.29 is 24.2 Å². The minimum atomic E-state index is -1.08. The monoisotopic (exact) mass is 313 g/mol. The van der Waals surface area contributed by atoms with Gasteiger partial charge >= 0.3 is 5.97 Å². The Labute approximate surface area is 131 Å². The van der Waals surface area contributed by atoms with Crippen molar-refractivity contribution in [1.82, 2.24) is 5.32 Å². The van der Waals surface area contributed by atoms with E-state index in [1.807, 2.05) is 0 Å². The molecule has 1 amide bonds. The fraction of sp³-hybridized carbons (Fsp3) is 0.875. The van der Waals surface area contributed by atoms with Crippen LogP contribution in [0.15, 0.2) is 0 Å². The molecule has 6 nitrogen and oxygen atoms in total. The van der Waals surface area contributed by atoms with E-state index in [9.17, 15) is 14.7 Å². The first-order valence-electron chi connectivity index (χ1n) is 8.36. The third kappa shape index (κ3) is 4.95. The Hall–Kier alpha value is -1.14. The van der Waals surface area contributed by atoms with Crippen molar-refractivity contribution in [3.63, 3.8) is 0 Å². The van der Waals surface area contributed by atoms with Crippen LogP contribution >= 0.6 is 0 Å². The number of carbonyl (C=O) groups excluding carboxylic acids is 1. The molecule has 2 aliphatic rings. The van der Waals surface area contributed by atoms with Crippen LogP contribution in [0.4, 0.5) is 0 Å². The van der Waals surface area contributed by atoms with E-state index in [1.54, 1.807) is 0 Å². The van der Waals surface area contributed by atoms with Gasteiger partial charge in [-0.05, 0) is 25.7 Å². The number of carbonyl (C=O) groups is 2. The van der Waals surface area contributed by atoms with Crippen molar-refractivity contribution in [2.24, 2.45) is 0 Å². The van der Waals surface area contributed by atoms with Gasteiger partial charge in [-0.15, -0.1) is 0 Å². The predicted octanol–water partition coefficient (Wildman–Crippen LogP) is 1.87. The summed E-state index contributed by atoms with van der Waals surface area (Å²) in [6, 6.07) is 0. The third-order valence-electron chi connectivity index (χ3n) is 4.60. The van der Waals surface area contributed by atoms with E-state index in [0.29, 0.717) is 32.7 Å². The van der Waals surface area contributed by atoms with Crippen molar-refractivity contribution in [3.05, 3.63) is 0 Å².